The van der Waals surface area contributed by atoms with Gasteiger partial charge in [0.05, 0.1) is 39.1 Å². The van der Waals surface area contributed by atoms with E-state index in [0.717, 1.165) is 36.9 Å². The molecule has 2 aromatic carbocycles. The van der Waals surface area contributed by atoms with Crippen molar-refractivity contribution in [3.8, 4) is 0 Å². The summed E-state index contributed by atoms with van der Waals surface area (Å²) in [4.78, 5) is 32.3. The highest BCUT2D eigenvalue weighted by molar-refractivity contribution is 7.89. The molecule has 2 heterocycles. The Morgan fingerprint density at radius 3 is 2.42 bits per heavy atom. The summed E-state index contributed by atoms with van der Waals surface area (Å²) in [5.41, 5.74) is 2.03. The first-order valence-corrected chi connectivity index (χ1v) is 15.2. The molecule has 1 aliphatic heterocycles. The van der Waals surface area contributed by atoms with E-state index in [4.69, 9.17) is 23.2 Å². The zero-order valence-electron chi connectivity index (χ0n) is 21.0. The van der Waals surface area contributed by atoms with Crippen LogP contribution in [0, 0.1) is 0 Å². The highest BCUT2D eigenvalue weighted by Gasteiger charge is 2.35. The van der Waals surface area contributed by atoms with E-state index >= 15 is 0 Å². The Morgan fingerprint density at radius 1 is 0.974 bits per heavy atom. The Kier molecular flexibility index (Phi) is 8.09. The van der Waals surface area contributed by atoms with Gasteiger partial charge in [-0.15, -0.1) is 0 Å². The fourth-order valence-corrected chi connectivity index (χ4v) is 7.65. The monoisotopic (exact) mass is 576 g/mol. The van der Waals surface area contributed by atoms with Gasteiger partial charge in [-0.2, -0.15) is 4.31 Å². The maximum Gasteiger partial charge on any atom is 0.261 e. The van der Waals surface area contributed by atoms with E-state index in [1.807, 2.05) is 12.1 Å². The predicted molar refractivity (Wildman–Crippen MR) is 151 cm³/mol. The summed E-state index contributed by atoms with van der Waals surface area (Å²) in [5.74, 6) is -0.0879. The average molecular weight is 578 g/mol. The minimum atomic E-state index is -3.25. The van der Waals surface area contributed by atoms with Crippen molar-refractivity contribution in [1.82, 2.24) is 13.9 Å². The van der Waals surface area contributed by atoms with Crippen LogP contribution in [0.2, 0.25) is 10.0 Å². The number of anilines is 1. The molecule has 0 radical (unpaired) electrons. The van der Waals surface area contributed by atoms with Crippen molar-refractivity contribution in [3.63, 3.8) is 0 Å². The fourth-order valence-electron chi connectivity index (χ4n) is 5.30. The molecule has 8 nitrogen and oxygen atoms in total. The van der Waals surface area contributed by atoms with Crippen LogP contribution in [0.25, 0.3) is 10.9 Å². The number of aromatic nitrogens is 2. The minimum Gasteiger partial charge on any atom is -0.369 e. The van der Waals surface area contributed by atoms with Gasteiger partial charge in [-0.1, -0.05) is 42.1 Å². The molecule has 38 heavy (non-hydrogen) atoms. The second kappa shape index (κ2) is 11.3. The topological polar surface area (TPSA) is 92.6 Å². The van der Waals surface area contributed by atoms with Crippen molar-refractivity contribution in [1.29, 1.82) is 0 Å². The molecule has 1 aromatic heterocycles. The van der Waals surface area contributed by atoms with E-state index in [-0.39, 0.29) is 29.6 Å². The molecule has 1 saturated carbocycles. The first kappa shape index (κ1) is 27.1. The number of hydrogen-bond donors (Lipinski definition) is 0. The molecule has 11 heteroatoms. The van der Waals surface area contributed by atoms with Crippen LogP contribution in [0.5, 0.6) is 0 Å². The molecule has 2 fully saturated rings. The van der Waals surface area contributed by atoms with Crippen molar-refractivity contribution in [2.24, 2.45) is 0 Å². The second-order valence-electron chi connectivity index (χ2n) is 10.0. The van der Waals surface area contributed by atoms with Crippen LogP contribution in [0.1, 0.15) is 37.7 Å². The number of sulfonamides is 1. The zero-order valence-corrected chi connectivity index (χ0v) is 23.3. The normalized spacial score (nSPS) is 17.4. The third-order valence-electron chi connectivity index (χ3n) is 7.52. The number of halogens is 2. The maximum atomic E-state index is 13.2. The number of fused-ring (bicyclic) bond motifs is 1. The molecule has 1 aliphatic carbocycles. The molecule has 1 saturated heterocycles. The molecule has 0 unspecified atom stereocenters. The van der Waals surface area contributed by atoms with Crippen LogP contribution in [0.4, 0.5) is 5.69 Å². The van der Waals surface area contributed by atoms with Gasteiger partial charge in [0.15, 0.2) is 5.78 Å². The lowest BCUT2D eigenvalue weighted by Crippen LogP contribution is -2.50. The lowest BCUT2D eigenvalue weighted by Gasteiger charge is -2.36. The largest absolute Gasteiger partial charge is 0.369 e. The Bertz CT molecular complexity index is 1510. The van der Waals surface area contributed by atoms with Crippen molar-refractivity contribution in [2.45, 2.75) is 50.3 Å². The molecular weight excluding hydrogens is 547 g/mol. The second-order valence-corrected chi connectivity index (χ2v) is 13.0. The van der Waals surface area contributed by atoms with Gasteiger partial charge >= 0.3 is 0 Å². The summed E-state index contributed by atoms with van der Waals surface area (Å²) in [7, 11) is -3.25. The Balaban J connectivity index is 1.25. The van der Waals surface area contributed by atoms with Gasteiger partial charge in [0.2, 0.25) is 10.0 Å². The molecule has 0 N–H and O–H groups in total. The molecule has 5 rings (SSSR count). The first-order valence-electron chi connectivity index (χ1n) is 12.9. The molecule has 202 valence electrons. The van der Waals surface area contributed by atoms with E-state index in [1.165, 1.54) is 10.9 Å². The van der Waals surface area contributed by atoms with Crippen LogP contribution in [0.15, 0.2) is 47.5 Å². The van der Waals surface area contributed by atoms with Crippen LogP contribution in [-0.4, -0.2) is 59.5 Å². The number of carbonyl (C=O) groups excluding carboxylic acids is 1. The van der Waals surface area contributed by atoms with Gasteiger partial charge in [-0.05, 0) is 55.2 Å². The molecule has 0 spiro atoms. The maximum absolute atomic E-state index is 13.2. The number of aryl methyl sites for hydroxylation is 1. The summed E-state index contributed by atoms with van der Waals surface area (Å²) >= 11 is 12.0. The van der Waals surface area contributed by atoms with Crippen LogP contribution >= 0.6 is 23.2 Å². The number of piperazine rings is 1. The third-order valence-corrected chi connectivity index (χ3v) is 10.7. The summed E-state index contributed by atoms with van der Waals surface area (Å²) in [6, 6.07) is 10.8. The minimum absolute atomic E-state index is 0.0645. The first-order chi connectivity index (χ1) is 18.2. The fraction of sp³-hybridized carbons (Fsp3) is 0.444. The van der Waals surface area contributed by atoms with Gasteiger partial charge in [0.1, 0.15) is 0 Å². The van der Waals surface area contributed by atoms with Crippen LogP contribution in [-0.2, 0) is 27.8 Å². The lowest BCUT2D eigenvalue weighted by atomic mass is 10.1. The van der Waals surface area contributed by atoms with Gasteiger partial charge in [-0.25, -0.2) is 13.4 Å². The van der Waals surface area contributed by atoms with Crippen molar-refractivity contribution >= 4 is 55.6 Å². The number of ketones is 1. The standard InChI is InChI=1S/C27H30Cl2N4O4S/c28-24-9-6-19(15-25(24)29)5-8-21(34)17-32-18-30-26-10-7-20(16-23(26)27(32)35)31-11-13-33(14-12-31)38(36,37)22-3-1-2-4-22/h6-7,9-10,15-16,18,22H,1-5,8,11-14,17H2. The van der Waals surface area contributed by atoms with Crippen molar-refractivity contribution in [3.05, 3.63) is 68.7 Å². The van der Waals surface area contributed by atoms with E-state index < -0.39 is 10.0 Å². The summed E-state index contributed by atoms with van der Waals surface area (Å²) in [6.45, 7) is 1.91. The molecule has 0 atom stereocenters. The highest BCUT2D eigenvalue weighted by Crippen LogP contribution is 2.29. The van der Waals surface area contributed by atoms with Gasteiger partial charge in [0.25, 0.3) is 5.56 Å². The summed E-state index contributed by atoms with van der Waals surface area (Å²) < 4.78 is 28.9. The van der Waals surface area contributed by atoms with Crippen LogP contribution in [0.3, 0.4) is 0 Å². The quantitative estimate of drug-likeness (QED) is 0.397. The molecule has 3 aromatic rings. The van der Waals surface area contributed by atoms with E-state index in [0.29, 0.717) is 53.5 Å². The van der Waals surface area contributed by atoms with Gasteiger partial charge < -0.3 is 4.90 Å². The van der Waals surface area contributed by atoms with E-state index in [1.54, 1.807) is 28.6 Å². The van der Waals surface area contributed by atoms with E-state index in [9.17, 15) is 18.0 Å². The Hall–Kier alpha value is -2.46. The molecule has 2 aliphatic rings. The van der Waals surface area contributed by atoms with Gasteiger partial charge in [-0.3, -0.25) is 14.2 Å². The van der Waals surface area contributed by atoms with Crippen molar-refractivity contribution in [2.75, 3.05) is 31.1 Å². The summed E-state index contributed by atoms with van der Waals surface area (Å²) in [5, 5.41) is 1.10. The average Bonchev–Trinajstić information content (AvgIpc) is 3.47. The number of benzene rings is 2. The molecule has 0 bridgehead atoms. The molecular formula is C27H30Cl2N4O4S. The highest BCUT2D eigenvalue weighted by atomic mass is 35.5. The number of Topliss-reactive ketones (excluding diaryl/α,β-unsaturated/α-hetero) is 1. The predicted octanol–water partition coefficient (Wildman–Crippen LogP) is 4.30. The Labute approximate surface area is 232 Å². The summed E-state index contributed by atoms with van der Waals surface area (Å²) in [6.07, 6.45) is 5.64. The third kappa shape index (κ3) is 5.76. The number of hydrogen-bond acceptors (Lipinski definition) is 6. The Morgan fingerprint density at radius 2 is 1.71 bits per heavy atom. The number of nitrogens with zero attached hydrogens (tertiary/aromatic N) is 4. The van der Waals surface area contributed by atoms with Crippen LogP contribution < -0.4 is 10.5 Å². The van der Waals surface area contributed by atoms with Crippen molar-refractivity contribution < 1.29 is 13.2 Å². The lowest BCUT2D eigenvalue weighted by molar-refractivity contribution is -0.119. The SMILES string of the molecule is O=C(CCc1ccc(Cl)c(Cl)c1)Cn1cnc2ccc(N3CCN(S(=O)(=O)C4CCCC4)CC3)cc2c1=O. The van der Waals surface area contributed by atoms with Gasteiger partial charge in [0, 0.05) is 38.3 Å². The molecule has 0 amide bonds. The zero-order chi connectivity index (χ0) is 26.9. The number of carbonyl (C=O) groups is 1. The van der Waals surface area contributed by atoms with E-state index in [2.05, 4.69) is 9.88 Å². The smallest absolute Gasteiger partial charge is 0.261 e. The number of rotatable bonds is 8.